The van der Waals surface area contributed by atoms with Gasteiger partial charge in [-0.1, -0.05) is 68.6 Å². The van der Waals surface area contributed by atoms with Crippen LogP contribution in [0.15, 0.2) is 53.4 Å². The van der Waals surface area contributed by atoms with Crippen LogP contribution >= 0.6 is 0 Å². The second-order valence-corrected chi connectivity index (χ2v) is 9.96. The average Bonchev–Trinajstić information content (AvgIpc) is 2.59. The van der Waals surface area contributed by atoms with Crippen LogP contribution in [-0.2, 0) is 10.0 Å². The molecule has 0 spiro atoms. The molecular formula is C24H29BN2O2S. The fraction of sp³-hybridized carbons (Fsp3) is 0.250. The van der Waals surface area contributed by atoms with Gasteiger partial charge in [0.05, 0.1) is 4.90 Å². The number of hydrogen-bond acceptors (Lipinski definition) is 3. The van der Waals surface area contributed by atoms with Crippen molar-refractivity contribution in [3.63, 3.8) is 0 Å². The lowest BCUT2D eigenvalue weighted by atomic mass is 9.48. The Kier molecular flexibility index (Phi) is 6.11. The van der Waals surface area contributed by atoms with Gasteiger partial charge in [0.25, 0.3) is 0 Å². The van der Waals surface area contributed by atoms with Crippen molar-refractivity contribution in [1.82, 2.24) is 4.63 Å². The molecule has 0 bridgehead atoms. The molecule has 0 unspecified atom stereocenters. The van der Waals surface area contributed by atoms with Gasteiger partial charge in [0, 0.05) is 5.69 Å². The van der Waals surface area contributed by atoms with Crippen molar-refractivity contribution in [3.05, 3.63) is 81.9 Å². The molecule has 30 heavy (non-hydrogen) atoms. The highest BCUT2D eigenvalue weighted by atomic mass is 32.2. The highest BCUT2D eigenvalue weighted by Crippen LogP contribution is 2.15. The van der Waals surface area contributed by atoms with E-state index in [4.69, 9.17) is 5.73 Å². The van der Waals surface area contributed by atoms with E-state index in [1.165, 1.54) is 0 Å². The Balaban J connectivity index is 2.23. The predicted molar refractivity (Wildman–Crippen MR) is 128 cm³/mol. The maximum absolute atomic E-state index is 13.3. The SMILES string of the molecule is Cc1cc(C)c(B(NS(=O)(=O)c2ccc(N)cc2)c2c(C)cc(C)cc2C)c(C)c1. The first kappa shape index (κ1) is 22.1. The van der Waals surface area contributed by atoms with Gasteiger partial charge in [-0.2, -0.15) is 0 Å². The van der Waals surface area contributed by atoms with Crippen LogP contribution in [0.3, 0.4) is 0 Å². The van der Waals surface area contributed by atoms with E-state index in [0.29, 0.717) is 5.69 Å². The van der Waals surface area contributed by atoms with Crippen molar-refractivity contribution < 1.29 is 8.42 Å². The fourth-order valence-corrected chi connectivity index (χ4v) is 5.60. The van der Waals surface area contributed by atoms with Crippen LogP contribution in [0.1, 0.15) is 33.4 Å². The molecule has 0 amide bonds. The minimum Gasteiger partial charge on any atom is -0.399 e. The van der Waals surface area contributed by atoms with Gasteiger partial charge in [-0.05, 0) is 65.8 Å². The molecule has 3 aromatic rings. The second-order valence-electron chi connectivity index (χ2n) is 8.25. The fourth-order valence-electron chi connectivity index (χ4n) is 4.43. The molecule has 3 rings (SSSR count). The number of anilines is 1. The molecule has 0 atom stereocenters. The van der Waals surface area contributed by atoms with Gasteiger partial charge in [-0.25, -0.2) is 13.1 Å². The summed E-state index contributed by atoms with van der Waals surface area (Å²) in [7, 11) is -3.77. The Hall–Kier alpha value is -2.57. The van der Waals surface area contributed by atoms with Crippen molar-refractivity contribution in [2.45, 2.75) is 46.4 Å². The lowest BCUT2D eigenvalue weighted by molar-refractivity contribution is 0.593. The van der Waals surface area contributed by atoms with Crippen LogP contribution in [0.2, 0.25) is 0 Å². The van der Waals surface area contributed by atoms with E-state index in [2.05, 4.69) is 42.7 Å². The number of aryl methyl sites for hydroxylation is 6. The minimum absolute atomic E-state index is 0.200. The molecule has 0 saturated heterocycles. The lowest BCUT2D eigenvalue weighted by Crippen LogP contribution is -2.59. The van der Waals surface area contributed by atoms with Gasteiger partial charge in [0.1, 0.15) is 0 Å². The van der Waals surface area contributed by atoms with Gasteiger partial charge < -0.3 is 5.73 Å². The van der Waals surface area contributed by atoms with Gasteiger partial charge >= 0.3 is 6.85 Å². The van der Waals surface area contributed by atoms with E-state index in [0.717, 1.165) is 44.3 Å². The van der Waals surface area contributed by atoms with Crippen molar-refractivity contribution >= 4 is 33.5 Å². The van der Waals surface area contributed by atoms with Crippen molar-refractivity contribution in [2.75, 3.05) is 5.73 Å². The number of nitrogen functional groups attached to an aromatic ring is 1. The van der Waals surface area contributed by atoms with Crippen LogP contribution in [0.5, 0.6) is 0 Å². The summed E-state index contributed by atoms with van der Waals surface area (Å²) in [6, 6.07) is 14.7. The zero-order valence-corrected chi connectivity index (χ0v) is 19.3. The molecule has 0 saturated carbocycles. The van der Waals surface area contributed by atoms with Crippen molar-refractivity contribution in [1.29, 1.82) is 0 Å². The topological polar surface area (TPSA) is 72.2 Å². The van der Waals surface area contributed by atoms with E-state index in [1.807, 2.05) is 27.7 Å². The molecular weight excluding hydrogens is 391 g/mol. The quantitative estimate of drug-likeness (QED) is 0.492. The third-order valence-corrected chi connectivity index (χ3v) is 6.96. The summed E-state index contributed by atoms with van der Waals surface area (Å²) in [5.41, 5.74) is 14.8. The van der Waals surface area contributed by atoms with Gasteiger partial charge in [0.15, 0.2) is 0 Å². The number of nitrogens with one attached hydrogen (secondary N) is 1. The predicted octanol–water partition coefficient (Wildman–Crippen LogP) is 3.20. The standard InChI is InChI=1S/C24H29BN2O2S/c1-15-11-17(3)23(18(4)12-15)25(24-19(5)13-16(2)14-20(24)6)27-30(28,29)22-9-7-21(26)8-10-22/h7-14,27H,26H2,1-6H3. The summed E-state index contributed by atoms with van der Waals surface area (Å²) < 4.78 is 29.7. The van der Waals surface area contributed by atoms with E-state index < -0.39 is 16.9 Å². The van der Waals surface area contributed by atoms with E-state index in [-0.39, 0.29) is 4.90 Å². The van der Waals surface area contributed by atoms with Crippen LogP contribution in [0, 0.1) is 41.5 Å². The van der Waals surface area contributed by atoms with Crippen molar-refractivity contribution in [2.24, 2.45) is 0 Å². The smallest absolute Gasteiger partial charge is 0.305 e. The first-order valence-electron chi connectivity index (χ1n) is 10.0. The third-order valence-electron chi connectivity index (χ3n) is 5.52. The van der Waals surface area contributed by atoms with Crippen LogP contribution in [-0.4, -0.2) is 15.3 Å². The Morgan fingerprint density at radius 3 is 1.43 bits per heavy atom. The van der Waals surface area contributed by atoms with Crippen LogP contribution in [0.25, 0.3) is 0 Å². The summed E-state index contributed by atoms with van der Waals surface area (Å²) in [4.78, 5) is 0.200. The Labute approximate surface area is 180 Å². The first-order valence-corrected chi connectivity index (χ1v) is 11.5. The molecule has 0 aliphatic heterocycles. The number of hydrogen-bond donors (Lipinski definition) is 2. The van der Waals surface area contributed by atoms with Gasteiger partial charge in [0.2, 0.25) is 10.0 Å². The number of rotatable bonds is 5. The summed E-state index contributed by atoms with van der Waals surface area (Å²) >= 11 is 0. The van der Waals surface area contributed by atoms with E-state index >= 15 is 0 Å². The summed E-state index contributed by atoms with van der Waals surface area (Å²) in [6.45, 7) is 11.8. The maximum Gasteiger partial charge on any atom is 0.305 e. The summed E-state index contributed by atoms with van der Waals surface area (Å²) in [6.07, 6.45) is 0. The lowest BCUT2D eigenvalue weighted by Gasteiger charge is -2.24. The highest BCUT2D eigenvalue weighted by Gasteiger charge is 2.31. The molecule has 3 aromatic carbocycles. The van der Waals surface area contributed by atoms with Gasteiger partial charge in [-0.15, -0.1) is 0 Å². The zero-order valence-electron chi connectivity index (χ0n) is 18.5. The monoisotopic (exact) mass is 420 g/mol. The Morgan fingerprint density at radius 1 is 0.700 bits per heavy atom. The molecule has 0 aromatic heterocycles. The van der Waals surface area contributed by atoms with E-state index in [9.17, 15) is 8.42 Å². The van der Waals surface area contributed by atoms with Crippen LogP contribution in [0.4, 0.5) is 5.69 Å². The molecule has 4 nitrogen and oxygen atoms in total. The Morgan fingerprint density at radius 2 is 1.07 bits per heavy atom. The summed E-state index contributed by atoms with van der Waals surface area (Å²) in [5.74, 6) is 0. The molecule has 0 aliphatic carbocycles. The molecule has 3 N–H and O–H groups in total. The number of nitrogens with two attached hydrogens (primary N) is 1. The Bertz CT molecular complexity index is 1100. The number of sulfonamides is 1. The highest BCUT2D eigenvalue weighted by molar-refractivity contribution is 7.91. The van der Waals surface area contributed by atoms with Gasteiger partial charge in [-0.3, -0.25) is 0 Å². The average molecular weight is 420 g/mol. The maximum atomic E-state index is 13.3. The summed E-state index contributed by atoms with van der Waals surface area (Å²) in [5, 5.41) is 0. The largest absolute Gasteiger partial charge is 0.399 e. The molecule has 156 valence electrons. The number of benzene rings is 3. The molecule has 0 radical (unpaired) electrons. The zero-order chi connectivity index (χ0) is 22.2. The molecule has 6 heteroatoms. The second kappa shape index (κ2) is 8.28. The van der Waals surface area contributed by atoms with E-state index in [1.54, 1.807) is 24.3 Å². The first-order chi connectivity index (χ1) is 14.0. The minimum atomic E-state index is -3.77. The third kappa shape index (κ3) is 4.45. The normalized spacial score (nSPS) is 11.5. The molecule has 0 heterocycles. The van der Waals surface area contributed by atoms with Crippen LogP contribution < -0.4 is 21.3 Å². The molecule has 0 aliphatic rings. The van der Waals surface area contributed by atoms with Crippen molar-refractivity contribution in [3.8, 4) is 0 Å². The molecule has 0 fully saturated rings.